The van der Waals surface area contributed by atoms with Crippen LogP contribution in [-0.4, -0.2) is 60.0 Å². The molecule has 176 valence electrons. The summed E-state index contributed by atoms with van der Waals surface area (Å²) >= 11 is 6.03. The minimum Gasteiger partial charge on any atom is -0.489 e. The van der Waals surface area contributed by atoms with Crippen LogP contribution >= 0.6 is 11.6 Å². The Bertz CT molecular complexity index is 980. The molecule has 2 unspecified atom stereocenters. The van der Waals surface area contributed by atoms with Gasteiger partial charge < -0.3 is 19.3 Å². The number of hydrogen-bond donors (Lipinski definition) is 0. The molecule has 2 heterocycles. The Hall–Kier alpha value is -2.57. The monoisotopic (exact) mass is 470 g/mol. The van der Waals surface area contributed by atoms with Crippen LogP contribution in [0.25, 0.3) is 0 Å². The molecule has 0 saturated carbocycles. The minimum absolute atomic E-state index is 0.0253. The van der Waals surface area contributed by atoms with Gasteiger partial charge in [-0.15, -0.1) is 0 Å². The topological polar surface area (TPSA) is 59.1 Å². The lowest BCUT2D eigenvalue weighted by Crippen LogP contribution is -2.51. The van der Waals surface area contributed by atoms with Gasteiger partial charge in [-0.2, -0.15) is 0 Å². The van der Waals surface area contributed by atoms with Crippen molar-refractivity contribution in [1.82, 2.24) is 9.80 Å². The molecule has 0 spiro atoms. The molecule has 0 aliphatic carbocycles. The van der Waals surface area contributed by atoms with Gasteiger partial charge in [0.15, 0.2) is 0 Å². The van der Waals surface area contributed by atoms with Gasteiger partial charge in [-0.05, 0) is 62.6 Å². The van der Waals surface area contributed by atoms with Crippen molar-refractivity contribution in [1.29, 1.82) is 0 Å². The van der Waals surface area contributed by atoms with Gasteiger partial charge in [0.2, 0.25) is 5.91 Å². The smallest absolute Gasteiger partial charge is 0.253 e. The quantitative estimate of drug-likeness (QED) is 0.649. The Morgan fingerprint density at radius 3 is 2.39 bits per heavy atom. The zero-order chi connectivity index (χ0) is 23.4. The summed E-state index contributed by atoms with van der Waals surface area (Å²) < 4.78 is 11.6. The zero-order valence-corrected chi connectivity index (χ0v) is 20.0. The van der Waals surface area contributed by atoms with E-state index in [1.165, 1.54) is 0 Å². The Morgan fingerprint density at radius 1 is 1.00 bits per heavy atom. The highest BCUT2D eigenvalue weighted by Crippen LogP contribution is 2.24. The van der Waals surface area contributed by atoms with Crippen LogP contribution in [0.4, 0.5) is 0 Å². The van der Waals surface area contributed by atoms with Crippen LogP contribution < -0.4 is 4.74 Å². The SMILES string of the molecule is CC1CN(C(=O)C2CCN(C(=O)c3cccc(OCc4cccc(Cl)c4)c3)CC2)CC(C)O1. The summed E-state index contributed by atoms with van der Waals surface area (Å²) in [6.07, 6.45) is 1.51. The average Bonchev–Trinajstić information content (AvgIpc) is 2.81. The second-order valence-electron chi connectivity index (χ2n) is 9.01. The van der Waals surface area contributed by atoms with E-state index in [4.69, 9.17) is 21.1 Å². The predicted octanol–water partition coefficient (Wildman–Crippen LogP) is 4.41. The summed E-state index contributed by atoms with van der Waals surface area (Å²) in [4.78, 5) is 29.8. The number of ether oxygens (including phenoxy) is 2. The van der Waals surface area contributed by atoms with E-state index in [2.05, 4.69) is 0 Å². The molecule has 2 amide bonds. The van der Waals surface area contributed by atoms with Crippen LogP contribution in [0.5, 0.6) is 5.75 Å². The lowest BCUT2D eigenvalue weighted by atomic mass is 9.94. The molecule has 6 nitrogen and oxygen atoms in total. The third-order valence-electron chi connectivity index (χ3n) is 6.24. The fourth-order valence-electron chi connectivity index (χ4n) is 4.64. The number of likely N-dealkylation sites (tertiary alicyclic amines) is 1. The van der Waals surface area contributed by atoms with E-state index in [0.29, 0.717) is 62.0 Å². The molecule has 0 N–H and O–H groups in total. The lowest BCUT2D eigenvalue weighted by molar-refractivity contribution is -0.148. The Morgan fingerprint density at radius 2 is 1.70 bits per heavy atom. The molecular weight excluding hydrogens is 440 g/mol. The lowest BCUT2D eigenvalue weighted by Gasteiger charge is -2.39. The van der Waals surface area contributed by atoms with Crippen LogP contribution in [0.2, 0.25) is 5.02 Å². The number of carbonyl (C=O) groups excluding carboxylic acids is 2. The number of piperidine rings is 1. The Labute approximate surface area is 200 Å². The number of hydrogen-bond acceptors (Lipinski definition) is 4. The molecule has 4 rings (SSSR count). The summed E-state index contributed by atoms with van der Waals surface area (Å²) in [5, 5.41) is 0.666. The molecule has 0 aromatic heterocycles. The second kappa shape index (κ2) is 10.6. The summed E-state index contributed by atoms with van der Waals surface area (Å²) in [5.74, 6) is 0.781. The highest BCUT2D eigenvalue weighted by Gasteiger charge is 2.33. The first kappa shape index (κ1) is 23.6. The maximum atomic E-state index is 13.1. The molecular formula is C26H31ClN2O4. The molecule has 2 aromatic rings. The number of nitrogens with zero attached hydrogens (tertiary/aromatic N) is 2. The molecule has 0 bridgehead atoms. The third kappa shape index (κ3) is 6.06. The molecule has 2 aliphatic rings. The normalized spacial score (nSPS) is 21.7. The van der Waals surface area contributed by atoms with Crippen LogP contribution in [0.3, 0.4) is 0 Å². The highest BCUT2D eigenvalue weighted by atomic mass is 35.5. The van der Waals surface area contributed by atoms with E-state index >= 15 is 0 Å². The number of carbonyl (C=O) groups is 2. The number of rotatable bonds is 5. The molecule has 2 aromatic carbocycles. The molecule has 7 heteroatoms. The summed E-state index contributed by atoms with van der Waals surface area (Å²) in [5.41, 5.74) is 1.56. The van der Waals surface area contributed by atoms with Crippen molar-refractivity contribution in [3.8, 4) is 5.75 Å². The molecule has 2 aliphatic heterocycles. The van der Waals surface area contributed by atoms with Crippen molar-refractivity contribution >= 4 is 23.4 Å². The zero-order valence-electron chi connectivity index (χ0n) is 19.2. The maximum Gasteiger partial charge on any atom is 0.253 e. The predicted molar refractivity (Wildman–Crippen MR) is 127 cm³/mol. The second-order valence-corrected chi connectivity index (χ2v) is 9.45. The summed E-state index contributed by atoms with van der Waals surface area (Å²) in [7, 11) is 0. The number of benzene rings is 2. The van der Waals surface area contributed by atoms with E-state index in [0.717, 1.165) is 5.56 Å². The van der Waals surface area contributed by atoms with Crippen LogP contribution in [0.1, 0.15) is 42.6 Å². The van der Waals surface area contributed by atoms with E-state index in [9.17, 15) is 9.59 Å². The highest BCUT2D eigenvalue weighted by molar-refractivity contribution is 6.30. The molecule has 2 fully saturated rings. The van der Waals surface area contributed by atoms with Gasteiger partial charge in [0, 0.05) is 42.7 Å². The Kier molecular flexibility index (Phi) is 7.56. The van der Waals surface area contributed by atoms with Crippen LogP contribution in [-0.2, 0) is 16.1 Å². The first-order valence-electron chi connectivity index (χ1n) is 11.6. The summed E-state index contributed by atoms with van der Waals surface area (Å²) in [6, 6.07) is 14.8. The van der Waals surface area contributed by atoms with Crippen molar-refractivity contribution in [2.45, 2.75) is 45.5 Å². The Balaban J connectivity index is 1.31. The van der Waals surface area contributed by atoms with Crippen LogP contribution in [0, 0.1) is 5.92 Å². The van der Waals surface area contributed by atoms with E-state index in [-0.39, 0.29) is 29.9 Å². The molecule has 2 saturated heterocycles. The molecule has 0 radical (unpaired) electrons. The molecule has 33 heavy (non-hydrogen) atoms. The van der Waals surface area contributed by atoms with Crippen LogP contribution in [0.15, 0.2) is 48.5 Å². The van der Waals surface area contributed by atoms with Crippen molar-refractivity contribution in [2.24, 2.45) is 5.92 Å². The van der Waals surface area contributed by atoms with Crippen molar-refractivity contribution < 1.29 is 19.1 Å². The van der Waals surface area contributed by atoms with Crippen molar-refractivity contribution in [3.63, 3.8) is 0 Å². The number of amides is 2. The first-order chi connectivity index (χ1) is 15.9. The standard InChI is InChI=1S/C26H31ClN2O4/c1-18-15-29(16-19(2)33-18)25(30)21-9-11-28(12-10-21)26(31)22-6-4-8-24(14-22)32-17-20-5-3-7-23(27)13-20/h3-8,13-14,18-19,21H,9-12,15-17H2,1-2H3. The minimum atomic E-state index is -0.0288. The van der Waals surface area contributed by atoms with Crippen molar-refractivity contribution in [2.75, 3.05) is 26.2 Å². The van der Waals surface area contributed by atoms with E-state index in [1.807, 2.05) is 66.1 Å². The fraction of sp³-hybridized carbons (Fsp3) is 0.462. The summed E-state index contributed by atoms with van der Waals surface area (Å²) in [6.45, 7) is 6.84. The number of halogens is 1. The average molecular weight is 471 g/mol. The van der Waals surface area contributed by atoms with Gasteiger partial charge in [-0.1, -0.05) is 29.8 Å². The first-order valence-corrected chi connectivity index (χ1v) is 12.0. The van der Waals surface area contributed by atoms with Gasteiger partial charge in [-0.3, -0.25) is 9.59 Å². The third-order valence-corrected chi connectivity index (χ3v) is 6.47. The number of morpholine rings is 1. The van der Waals surface area contributed by atoms with Gasteiger partial charge >= 0.3 is 0 Å². The fourth-order valence-corrected chi connectivity index (χ4v) is 4.85. The van der Waals surface area contributed by atoms with Gasteiger partial charge in [-0.25, -0.2) is 0 Å². The van der Waals surface area contributed by atoms with Gasteiger partial charge in [0.25, 0.3) is 5.91 Å². The van der Waals surface area contributed by atoms with Gasteiger partial charge in [0.05, 0.1) is 12.2 Å². The van der Waals surface area contributed by atoms with Gasteiger partial charge in [0.1, 0.15) is 12.4 Å². The van der Waals surface area contributed by atoms with Crippen molar-refractivity contribution in [3.05, 3.63) is 64.7 Å². The largest absolute Gasteiger partial charge is 0.489 e. The van der Waals surface area contributed by atoms with E-state index in [1.54, 1.807) is 6.07 Å². The maximum absolute atomic E-state index is 13.1. The molecule has 2 atom stereocenters. The van der Waals surface area contributed by atoms with E-state index < -0.39 is 0 Å².